The fourth-order valence-electron chi connectivity index (χ4n) is 3.33. The highest BCUT2D eigenvalue weighted by Crippen LogP contribution is 2.34. The monoisotopic (exact) mass is 288 g/mol. The highest BCUT2D eigenvalue weighted by Gasteiger charge is 2.31. The smallest absolute Gasteiger partial charge is 0.315 e. The van der Waals surface area contributed by atoms with Crippen LogP contribution < -0.4 is 10.6 Å². The number of rotatable bonds is 4. The Hall–Kier alpha value is -2.04. The third-order valence-electron chi connectivity index (χ3n) is 4.59. The van der Waals surface area contributed by atoms with Crippen molar-refractivity contribution in [3.8, 4) is 0 Å². The molecule has 5 nitrogen and oxygen atoms in total. The van der Waals surface area contributed by atoms with Crippen molar-refractivity contribution in [3.05, 3.63) is 35.4 Å². The number of aliphatic carboxylic acids is 1. The number of nitrogens with one attached hydrogen (secondary N) is 2. The molecule has 21 heavy (non-hydrogen) atoms. The molecule has 2 aliphatic rings. The zero-order chi connectivity index (χ0) is 14.8. The van der Waals surface area contributed by atoms with Gasteiger partial charge in [-0.1, -0.05) is 24.3 Å². The van der Waals surface area contributed by atoms with E-state index in [0.29, 0.717) is 25.3 Å². The molecule has 0 heterocycles. The zero-order valence-electron chi connectivity index (χ0n) is 11.8. The Morgan fingerprint density at radius 1 is 1.24 bits per heavy atom. The van der Waals surface area contributed by atoms with E-state index in [4.69, 9.17) is 5.11 Å². The number of carboxylic acid groups (broad SMARTS) is 1. The predicted octanol–water partition coefficient (Wildman–Crippen LogP) is 1.88. The lowest BCUT2D eigenvalue weighted by molar-refractivity contribution is -0.141. The average molecular weight is 288 g/mol. The lowest BCUT2D eigenvalue weighted by Crippen LogP contribution is -2.43. The molecular formula is C16H20N2O3. The molecule has 3 rings (SSSR count). The molecular weight excluding hydrogens is 268 g/mol. The van der Waals surface area contributed by atoms with E-state index in [-0.39, 0.29) is 18.0 Å². The number of fused-ring (bicyclic) bond motifs is 1. The minimum Gasteiger partial charge on any atom is -0.481 e. The van der Waals surface area contributed by atoms with Gasteiger partial charge in [0.05, 0.1) is 5.92 Å². The molecule has 0 aliphatic heterocycles. The van der Waals surface area contributed by atoms with Crippen LogP contribution in [0.3, 0.4) is 0 Å². The largest absolute Gasteiger partial charge is 0.481 e. The van der Waals surface area contributed by atoms with E-state index in [0.717, 1.165) is 12.8 Å². The van der Waals surface area contributed by atoms with E-state index >= 15 is 0 Å². The molecule has 3 atom stereocenters. The molecule has 0 saturated heterocycles. The van der Waals surface area contributed by atoms with Crippen molar-refractivity contribution in [2.45, 2.75) is 37.6 Å². The van der Waals surface area contributed by atoms with Crippen LogP contribution in [0, 0.1) is 5.92 Å². The van der Waals surface area contributed by atoms with Crippen molar-refractivity contribution < 1.29 is 14.7 Å². The quantitative estimate of drug-likeness (QED) is 0.791. The van der Waals surface area contributed by atoms with Crippen LogP contribution in [0.4, 0.5) is 4.79 Å². The Balaban J connectivity index is 1.41. The number of urea groups is 1. The summed E-state index contributed by atoms with van der Waals surface area (Å²) in [6.45, 7) is 0.637. The number of carbonyl (C=O) groups is 2. The number of carboxylic acids is 1. The molecule has 1 aromatic carbocycles. The number of hydrogen-bond donors (Lipinski definition) is 3. The number of benzene rings is 1. The second kappa shape index (κ2) is 5.76. The zero-order valence-corrected chi connectivity index (χ0v) is 11.8. The summed E-state index contributed by atoms with van der Waals surface area (Å²) in [5.41, 5.74) is 2.69. The summed E-state index contributed by atoms with van der Waals surface area (Å²) in [5.74, 6) is -0.665. The molecule has 5 heteroatoms. The van der Waals surface area contributed by atoms with Gasteiger partial charge in [0, 0.05) is 18.5 Å². The first-order chi connectivity index (χ1) is 10.1. The van der Waals surface area contributed by atoms with E-state index in [1.807, 2.05) is 12.1 Å². The highest BCUT2D eigenvalue weighted by atomic mass is 16.4. The minimum absolute atomic E-state index is 0.0141. The Morgan fingerprint density at radius 3 is 2.76 bits per heavy atom. The highest BCUT2D eigenvalue weighted by molar-refractivity contribution is 5.75. The fraction of sp³-hybridized carbons (Fsp3) is 0.500. The maximum Gasteiger partial charge on any atom is 0.315 e. The maximum atomic E-state index is 11.9. The molecule has 0 bridgehead atoms. The van der Waals surface area contributed by atoms with Gasteiger partial charge in [0.15, 0.2) is 0 Å². The van der Waals surface area contributed by atoms with Crippen LogP contribution in [-0.2, 0) is 11.2 Å². The van der Waals surface area contributed by atoms with Crippen LogP contribution in [0.25, 0.3) is 0 Å². The standard InChI is InChI=1S/C16H20N2O3/c19-15(20)11-5-6-13(8-11)18-16(21)17-9-12-7-10-3-1-2-4-14(10)12/h1-4,11-13H,5-9H2,(H,19,20)(H2,17,18,21). The SMILES string of the molecule is O=C(NCC1Cc2ccccc21)NC1CCC(C(=O)O)C1. The maximum absolute atomic E-state index is 11.9. The van der Waals surface area contributed by atoms with Gasteiger partial charge in [0.25, 0.3) is 0 Å². The van der Waals surface area contributed by atoms with Crippen molar-refractivity contribution >= 4 is 12.0 Å². The van der Waals surface area contributed by atoms with Crippen molar-refractivity contribution in [2.24, 2.45) is 5.92 Å². The van der Waals surface area contributed by atoms with Gasteiger partial charge in [-0.2, -0.15) is 0 Å². The van der Waals surface area contributed by atoms with Crippen molar-refractivity contribution in [1.29, 1.82) is 0 Å². The van der Waals surface area contributed by atoms with Crippen LogP contribution in [0.2, 0.25) is 0 Å². The van der Waals surface area contributed by atoms with Crippen LogP contribution in [-0.4, -0.2) is 29.7 Å². The third kappa shape index (κ3) is 3.01. The Labute approximate surface area is 123 Å². The number of carbonyl (C=O) groups excluding carboxylic acids is 1. The Morgan fingerprint density at radius 2 is 2.05 bits per heavy atom. The molecule has 1 aromatic rings. The fourth-order valence-corrected chi connectivity index (χ4v) is 3.33. The summed E-state index contributed by atoms with van der Waals surface area (Å²) < 4.78 is 0. The summed E-state index contributed by atoms with van der Waals surface area (Å²) in [5, 5.41) is 14.7. The van der Waals surface area contributed by atoms with Crippen LogP contribution in [0.1, 0.15) is 36.3 Å². The van der Waals surface area contributed by atoms with E-state index in [2.05, 4.69) is 22.8 Å². The first-order valence-electron chi connectivity index (χ1n) is 7.48. The second-order valence-corrected chi connectivity index (χ2v) is 6.00. The van der Waals surface area contributed by atoms with Crippen LogP contribution in [0.5, 0.6) is 0 Å². The summed E-state index contributed by atoms with van der Waals surface area (Å²) in [7, 11) is 0. The first kappa shape index (κ1) is 13.9. The van der Waals surface area contributed by atoms with Crippen LogP contribution >= 0.6 is 0 Å². The van der Waals surface area contributed by atoms with Gasteiger partial charge in [-0.05, 0) is 36.8 Å². The third-order valence-corrected chi connectivity index (χ3v) is 4.59. The van der Waals surface area contributed by atoms with Gasteiger partial charge < -0.3 is 15.7 Å². The molecule has 1 fully saturated rings. The van der Waals surface area contributed by atoms with E-state index < -0.39 is 5.97 Å². The molecule has 0 spiro atoms. The van der Waals surface area contributed by atoms with Gasteiger partial charge in [-0.15, -0.1) is 0 Å². The Kier molecular flexibility index (Phi) is 3.82. The summed E-state index contributed by atoms with van der Waals surface area (Å²) in [6, 6.07) is 8.09. The summed E-state index contributed by atoms with van der Waals surface area (Å²) >= 11 is 0. The lowest BCUT2D eigenvalue weighted by Gasteiger charge is -2.30. The molecule has 1 saturated carbocycles. The molecule has 0 aromatic heterocycles. The summed E-state index contributed by atoms with van der Waals surface area (Å²) in [6.07, 6.45) is 2.95. The topological polar surface area (TPSA) is 78.4 Å². The van der Waals surface area contributed by atoms with E-state index in [1.165, 1.54) is 11.1 Å². The van der Waals surface area contributed by atoms with Crippen molar-refractivity contribution in [1.82, 2.24) is 10.6 Å². The normalized spacial score (nSPS) is 26.6. The average Bonchev–Trinajstić information content (AvgIpc) is 2.88. The first-order valence-corrected chi connectivity index (χ1v) is 7.48. The van der Waals surface area contributed by atoms with Crippen LogP contribution in [0.15, 0.2) is 24.3 Å². The van der Waals surface area contributed by atoms with Gasteiger partial charge in [-0.25, -0.2) is 4.79 Å². The number of hydrogen-bond acceptors (Lipinski definition) is 2. The van der Waals surface area contributed by atoms with Crippen molar-refractivity contribution in [2.75, 3.05) is 6.54 Å². The van der Waals surface area contributed by atoms with E-state index in [9.17, 15) is 9.59 Å². The molecule has 3 unspecified atom stereocenters. The lowest BCUT2D eigenvalue weighted by atomic mass is 9.78. The molecule has 3 N–H and O–H groups in total. The second-order valence-electron chi connectivity index (χ2n) is 6.00. The van der Waals surface area contributed by atoms with Gasteiger partial charge in [-0.3, -0.25) is 4.79 Å². The molecule has 2 aliphatic carbocycles. The van der Waals surface area contributed by atoms with Crippen molar-refractivity contribution in [3.63, 3.8) is 0 Å². The minimum atomic E-state index is -0.759. The predicted molar refractivity (Wildman–Crippen MR) is 78.2 cm³/mol. The molecule has 112 valence electrons. The van der Waals surface area contributed by atoms with Gasteiger partial charge in [0.1, 0.15) is 0 Å². The van der Waals surface area contributed by atoms with Gasteiger partial charge in [0.2, 0.25) is 0 Å². The van der Waals surface area contributed by atoms with Gasteiger partial charge >= 0.3 is 12.0 Å². The molecule has 0 radical (unpaired) electrons. The summed E-state index contributed by atoms with van der Waals surface area (Å²) in [4.78, 5) is 22.7. The molecule has 2 amide bonds. The Bertz CT molecular complexity index is 558. The van der Waals surface area contributed by atoms with E-state index in [1.54, 1.807) is 0 Å². The number of amides is 2.